The summed E-state index contributed by atoms with van der Waals surface area (Å²) in [7, 11) is 0. The summed E-state index contributed by atoms with van der Waals surface area (Å²) in [5, 5.41) is 11.5. The average molecular weight is 482 g/mol. The maximum atomic E-state index is 12.4. The normalized spacial score (nSPS) is 21.9. The van der Waals surface area contributed by atoms with Crippen LogP contribution in [0.1, 0.15) is 64.6 Å². The molecule has 0 saturated carbocycles. The first-order valence-electron chi connectivity index (χ1n) is 13.3. The zero-order chi connectivity index (χ0) is 24.5. The van der Waals surface area contributed by atoms with Crippen LogP contribution in [0.2, 0.25) is 0 Å². The van der Waals surface area contributed by atoms with E-state index in [1.165, 1.54) is 36.8 Å². The summed E-state index contributed by atoms with van der Waals surface area (Å²) >= 11 is 0. The molecule has 0 bridgehead atoms. The van der Waals surface area contributed by atoms with Crippen molar-refractivity contribution in [2.24, 2.45) is 5.73 Å². The number of carbonyl (C=O) groups excluding carboxylic acids is 1. The van der Waals surface area contributed by atoms with E-state index in [9.17, 15) is 4.79 Å². The molecule has 3 aliphatic rings. The third-order valence-corrected chi connectivity index (χ3v) is 8.02. The van der Waals surface area contributed by atoms with Crippen LogP contribution in [0.4, 0.5) is 17.1 Å². The predicted octanol–water partition coefficient (Wildman–Crippen LogP) is 4.79. The zero-order valence-corrected chi connectivity index (χ0v) is 20.7. The van der Waals surface area contributed by atoms with Crippen LogP contribution in [0.25, 0.3) is 0 Å². The van der Waals surface area contributed by atoms with Gasteiger partial charge in [-0.2, -0.15) is 0 Å². The van der Waals surface area contributed by atoms with Gasteiger partial charge >= 0.3 is 0 Å². The van der Waals surface area contributed by atoms with Gasteiger partial charge in [0.05, 0.1) is 29.2 Å². The molecule has 2 unspecified atom stereocenters. The second kappa shape index (κ2) is 9.96. The molecule has 186 valence electrons. The highest BCUT2D eigenvalue weighted by Crippen LogP contribution is 2.43. The first-order chi connectivity index (χ1) is 17.7. The quantitative estimate of drug-likeness (QED) is 0.489. The van der Waals surface area contributed by atoms with E-state index < -0.39 is 5.91 Å². The average Bonchev–Trinajstić information content (AvgIpc) is 3.34. The number of hydrogen-bond donors (Lipinski definition) is 3. The van der Waals surface area contributed by atoms with Crippen molar-refractivity contribution in [3.8, 4) is 0 Å². The SMILES string of the molecule is NC(=O)c1cccc2c1N(c1ccc(C3CCCNC3)cc1)N(c1ccc(C3CCCNC3)cc1)C2. The van der Waals surface area contributed by atoms with Gasteiger partial charge < -0.3 is 16.4 Å². The number of hydrazine groups is 1. The third-order valence-electron chi connectivity index (χ3n) is 8.02. The number of anilines is 3. The highest BCUT2D eigenvalue weighted by molar-refractivity contribution is 6.01. The molecule has 6 heteroatoms. The molecule has 3 aliphatic heterocycles. The van der Waals surface area contributed by atoms with Crippen LogP contribution in [0.15, 0.2) is 66.7 Å². The molecule has 3 heterocycles. The van der Waals surface area contributed by atoms with Crippen molar-refractivity contribution < 1.29 is 4.79 Å². The first kappa shape index (κ1) is 23.1. The molecule has 36 heavy (non-hydrogen) atoms. The van der Waals surface area contributed by atoms with Gasteiger partial charge in [-0.15, -0.1) is 0 Å². The maximum Gasteiger partial charge on any atom is 0.250 e. The Labute approximate surface area is 213 Å². The van der Waals surface area contributed by atoms with Gasteiger partial charge in [-0.1, -0.05) is 36.4 Å². The minimum absolute atomic E-state index is 0.399. The lowest BCUT2D eigenvalue weighted by Crippen LogP contribution is -2.35. The van der Waals surface area contributed by atoms with E-state index in [0.29, 0.717) is 23.9 Å². The second-order valence-corrected chi connectivity index (χ2v) is 10.3. The Balaban J connectivity index is 1.35. The van der Waals surface area contributed by atoms with Crippen LogP contribution in [0.3, 0.4) is 0 Å². The Morgan fingerprint density at radius 3 is 1.89 bits per heavy atom. The van der Waals surface area contributed by atoms with Gasteiger partial charge in [0.1, 0.15) is 0 Å². The zero-order valence-electron chi connectivity index (χ0n) is 20.7. The summed E-state index contributed by atoms with van der Waals surface area (Å²) in [6.45, 7) is 5.00. The van der Waals surface area contributed by atoms with Crippen molar-refractivity contribution >= 4 is 23.0 Å². The molecular weight excluding hydrogens is 446 g/mol. The lowest BCUT2D eigenvalue weighted by Gasteiger charge is -2.33. The minimum atomic E-state index is -0.399. The van der Waals surface area contributed by atoms with Gasteiger partial charge in [-0.05, 0) is 92.1 Å². The molecule has 2 saturated heterocycles. The molecule has 0 aliphatic carbocycles. The lowest BCUT2D eigenvalue weighted by atomic mass is 9.91. The summed E-state index contributed by atoms with van der Waals surface area (Å²) < 4.78 is 0. The topological polar surface area (TPSA) is 73.6 Å². The number of fused-ring (bicyclic) bond motifs is 1. The Morgan fingerprint density at radius 2 is 1.36 bits per heavy atom. The number of nitrogens with zero attached hydrogens (tertiary/aromatic N) is 2. The molecule has 2 fully saturated rings. The fourth-order valence-corrected chi connectivity index (χ4v) is 6.07. The number of nitrogens with two attached hydrogens (primary N) is 1. The van der Waals surface area contributed by atoms with Gasteiger partial charge in [0, 0.05) is 18.7 Å². The van der Waals surface area contributed by atoms with Crippen LogP contribution < -0.4 is 26.4 Å². The molecule has 4 N–H and O–H groups in total. The molecule has 3 aromatic rings. The Hall–Kier alpha value is -3.35. The van der Waals surface area contributed by atoms with Gasteiger partial charge in [-0.3, -0.25) is 14.8 Å². The van der Waals surface area contributed by atoms with Crippen molar-refractivity contribution in [1.82, 2.24) is 10.6 Å². The second-order valence-electron chi connectivity index (χ2n) is 10.3. The number of amides is 1. The maximum absolute atomic E-state index is 12.4. The molecule has 1 amide bonds. The number of hydrogen-bond acceptors (Lipinski definition) is 5. The Morgan fingerprint density at radius 1 is 0.778 bits per heavy atom. The van der Waals surface area contributed by atoms with Gasteiger partial charge in [0.2, 0.25) is 0 Å². The van der Waals surface area contributed by atoms with Crippen LogP contribution in [0, 0.1) is 0 Å². The largest absolute Gasteiger partial charge is 0.366 e. The van der Waals surface area contributed by atoms with Crippen molar-refractivity contribution in [2.45, 2.75) is 44.1 Å². The van der Waals surface area contributed by atoms with Gasteiger partial charge in [-0.25, -0.2) is 0 Å². The number of piperidine rings is 2. The highest BCUT2D eigenvalue weighted by Gasteiger charge is 2.33. The Bertz CT molecular complexity index is 1210. The van der Waals surface area contributed by atoms with E-state index in [2.05, 4.69) is 75.2 Å². The summed E-state index contributed by atoms with van der Waals surface area (Å²) in [5.41, 5.74) is 13.3. The highest BCUT2D eigenvalue weighted by atomic mass is 16.1. The van der Waals surface area contributed by atoms with Crippen LogP contribution in [-0.4, -0.2) is 32.1 Å². The smallest absolute Gasteiger partial charge is 0.250 e. The summed E-state index contributed by atoms with van der Waals surface area (Å²) in [6, 6.07) is 23.7. The number of primary amides is 1. The number of nitrogens with one attached hydrogen (secondary N) is 2. The first-order valence-corrected chi connectivity index (χ1v) is 13.3. The summed E-state index contributed by atoms with van der Waals surface area (Å²) in [4.78, 5) is 12.4. The van der Waals surface area contributed by atoms with Crippen molar-refractivity contribution in [3.05, 3.63) is 89.0 Å². The van der Waals surface area contributed by atoms with E-state index >= 15 is 0 Å². The fourth-order valence-electron chi connectivity index (χ4n) is 6.07. The summed E-state index contributed by atoms with van der Waals surface area (Å²) in [5.74, 6) is 0.726. The molecule has 6 rings (SSSR count). The number of carbonyl (C=O) groups is 1. The van der Waals surface area contributed by atoms with Crippen molar-refractivity contribution in [3.63, 3.8) is 0 Å². The fraction of sp³-hybridized carbons (Fsp3) is 0.367. The minimum Gasteiger partial charge on any atom is -0.366 e. The van der Waals surface area contributed by atoms with Crippen LogP contribution in [0.5, 0.6) is 0 Å². The van der Waals surface area contributed by atoms with Gasteiger partial charge in [0.15, 0.2) is 0 Å². The molecule has 0 radical (unpaired) electrons. The standard InChI is InChI=1S/C30H35N5O/c31-30(36)28-7-1-4-25-20-34(26-12-8-21(9-13-26)23-5-2-16-32-18-23)35(29(25)28)27-14-10-22(11-15-27)24-6-3-17-33-19-24/h1,4,7-15,23-24,32-33H,2-3,5-6,16-20H2,(H2,31,36). The number of rotatable bonds is 5. The number of para-hydroxylation sites is 1. The van der Waals surface area contributed by atoms with E-state index in [4.69, 9.17) is 5.73 Å². The molecular formula is C30H35N5O. The summed E-state index contributed by atoms with van der Waals surface area (Å²) in [6.07, 6.45) is 4.90. The Kier molecular flexibility index (Phi) is 6.38. The number of benzene rings is 3. The third kappa shape index (κ3) is 4.36. The van der Waals surface area contributed by atoms with E-state index in [0.717, 1.165) is 48.8 Å². The van der Waals surface area contributed by atoms with Gasteiger partial charge in [0.25, 0.3) is 5.91 Å². The van der Waals surface area contributed by atoms with E-state index in [1.807, 2.05) is 12.1 Å². The predicted molar refractivity (Wildman–Crippen MR) is 146 cm³/mol. The monoisotopic (exact) mass is 481 g/mol. The van der Waals surface area contributed by atoms with Crippen LogP contribution in [-0.2, 0) is 6.54 Å². The molecule has 6 nitrogen and oxygen atoms in total. The van der Waals surface area contributed by atoms with Crippen LogP contribution >= 0.6 is 0 Å². The molecule has 0 aromatic heterocycles. The van der Waals surface area contributed by atoms with E-state index in [1.54, 1.807) is 0 Å². The van der Waals surface area contributed by atoms with Crippen molar-refractivity contribution in [2.75, 3.05) is 36.2 Å². The van der Waals surface area contributed by atoms with E-state index in [-0.39, 0.29) is 0 Å². The lowest BCUT2D eigenvalue weighted by molar-refractivity contribution is 0.100. The molecule has 3 aromatic carbocycles. The van der Waals surface area contributed by atoms with Crippen molar-refractivity contribution in [1.29, 1.82) is 0 Å². The molecule has 0 spiro atoms. The molecule has 2 atom stereocenters.